The quantitative estimate of drug-likeness (QED) is 0.299. The van der Waals surface area contributed by atoms with E-state index in [4.69, 9.17) is 9.47 Å². The third-order valence-corrected chi connectivity index (χ3v) is 5.75. The van der Waals surface area contributed by atoms with Gasteiger partial charge in [-0.15, -0.1) is 0 Å². The summed E-state index contributed by atoms with van der Waals surface area (Å²) >= 11 is 0. The van der Waals surface area contributed by atoms with Crippen LogP contribution in [-0.2, 0) is 6.42 Å². The summed E-state index contributed by atoms with van der Waals surface area (Å²) in [6, 6.07) is 27.6. The number of anilines is 1. The molecular weight excluding hydrogens is 426 g/mol. The van der Waals surface area contributed by atoms with Crippen molar-refractivity contribution in [2.45, 2.75) is 20.3 Å². The highest BCUT2D eigenvalue weighted by Gasteiger charge is 2.36. The van der Waals surface area contributed by atoms with Crippen molar-refractivity contribution in [2.24, 2.45) is 0 Å². The molecule has 5 rings (SSSR count). The zero-order valence-corrected chi connectivity index (χ0v) is 18.9. The molecule has 0 bridgehead atoms. The van der Waals surface area contributed by atoms with Gasteiger partial charge in [-0.25, -0.2) is 4.90 Å². The van der Waals surface area contributed by atoms with Crippen molar-refractivity contribution in [3.63, 3.8) is 0 Å². The van der Waals surface area contributed by atoms with E-state index in [1.807, 2.05) is 61.5 Å². The van der Waals surface area contributed by atoms with Crippen molar-refractivity contribution in [2.75, 3.05) is 4.90 Å². The Bertz CT molecular complexity index is 1370. The SMILES string of the molecule is CCc1ccc(Oc2cccc(Oc3ccc(N4C(=O)c5ccc(C)cc5C4=O)cc3)c2)cc1. The lowest BCUT2D eigenvalue weighted by molar-refractivity contribution is 0.0926. The van der Waals surface area contributed by atoms with Crippen molar-refractivity contribution in [1.82, 2.24) is 0 Å². The molecule has 5 heteroatoms. The summed E-state index contributed by atoms with van der Waals surface area (Å²) in [6.45, 7) is 4.01. The summed E-state index contributed by atoms with van der Waals surface area (Å²) in [5.41, 5.74) is 3.56. The van der Waals surface area contributed by atoms with Gasteiger partial charge in [0.15, 0.2) is 0 Å². The standard InChI is InChI=1S/C29H23NO4/c1-3-20-8-12-22(13-9-20)33-24-5-4-6-25(18-24)34-23-14-10-21(11-15-23)30-28(31)26-16-7-19(2)17-27(26)29(30)32/h4-18H,3H2,1-2H3. The molecule has 2 amide bonds. The van der Waals surface area contributed by atoms with Gasteiger partial charge in [-0.1, -0.05) is 36.8 Å². The van der Waals surface area contributed by atoms with Crippen LogP contribution in [0.25, 0.3) is 0 Å². The summed E-state index contributed by atoms with van der Waals surface area (Å²) in [5, 5.41) is 0. The first-order chi connectivity index (χ1) is 16.5. The van der Waals surface area contributed by atoms with Crippen LogP contribution in [0.1, 0.15) is 38.8 Å². The topological polar surface area (TPSA) is 55.8 Å². The van der Waals surface area contributed by atoms with Crippen molar-refractivity contribution in [3.05, 3.63) is 113 Å². The molecule has 0 aliphatic carbocycles. The van der Waals surface area contributed by atoms with Crippen molar-refractivity contribution < 1.29 is 19.1 Å². The average Bonchev–Trinajstić information content (AvgIpc) is 3.09. The van der Waals surface area contributed by atoms with E-state index in [2.05, 4.69) is 6.92 Å². The van der Waals surface area contributed by atoms with E-state index in [-0.39, 0.29) is 11.8 Å². The molecule has 0 radical (unpaired) electrons. The summed E-state index contributed by atoms with van der Waals surface area (Å²) in [6.07, 6.45) is 0.981. The molecule has 0 N–H and O–H groups in total. The molecule has 0 fully saturated rings. The highest BCUT2D eigenvalue weighted by molar-refractivity contribution is 6.34. The van der Waals surface area contributed by atoms with Crippen LogP contribution in [0.5, 0.6) is 23.0 Å². The number of fused-ring (bicyclic) bond motifs is 1. The Kier molecular flexibility index (Phi) is 5.60. The first-order valence-corrected chi connectivity index (χ1v) is 11.2. The Balaban J connectivity index is 1.30. The molecule has 0 saturated carbocycles. The molecule has 0 spiro atoms. The minimum atomic E-state index is -0.314. The Morgan fingerprint density at radius 1 is 0.647 bits per heavy atom. The smallest absolute Gasteiger partial charge is 0.266 e. The molecule has 0 aromatic heterocycles. The van der Waals surface area contributed by atoms with Gasteiger partial charge in [-0.3, -0.25) is 9.59 Å². The first-order valence-electron chi connectivity index (χ1n) is 11.2. The number of benzene rings is 4. The van der Waals surface area contributed by atoms with E-state index in [9.17, 15) is 9.59 Å². The van der Waals surface area contributed by atoms with E-state index >= 15 is 0 Å². The van der Waals surface area contributed by atoms with Crippen LogP contribution < -0.4 is 14.4 Å². The number of aryl methyl sites for hydroxylation is 2. The number of hydrogen-bond acceptors (Lipinski definition) is 4. The van der Waals surface area contributed by atoms with Crippen LogP contribution in [0, 0.1) is 6.92 Å². The van der Waals surface area contributed by atoms with Crippen molar-refractivity contribution in [1.29, 1.82) is 0 Å². The Labute approximate surface area is 198 Å². The summed E-state index contributed by atoms with van der Waals surface area (Å²) in [5.74, 6) is 2.00. The highest BCUT2D eigenvalue weighted by atomic mass is 16.5. The van der Waals surface area contributed by atoms with Gasteiger partial charge in [0.2, 0.25) is 0 Å². The van der Waals surface area contributed by atoms with Gasteiger partial charge in [-0.05, 0) is 79.6 Å². The molecule has 0 saturated heterocycles. The maximum Gasteiger partial charge on any atom is 0.266 e. The van der Waals surface area contributed by atoms with E-state index in [1.54, 1.807) is 36.4 Å². The van der Waals surface area contributed by atoms with Crippen LogP contribution in [0.2, 0.25) is 0 Å². The number of imide groups is 1. The van der Waals surface area contributed by atoms with E-state index in [0.29, 0.717) is 34.1 Å². The molecule has 4 aromatic rings. The minimum Gasteiger partial charge on any atom is -0.457 e. The first kappa shape index (κ1) is 21.5. The van der Waals surface area contributed by atoms with Gasteiger partial charge < -0.3 is 9.47 Å². The third kappa shape index (κ3) is 4.16. The zero-order chi connectivity index (χ0) is 23.7. The maximum absolute atomic E-state index is 12.8. The predicted octanol–water partition coefficient (Wildman–Crippen LogP) is 6.94. The van der Waals surface area contributed by atoms with Crippen LogP contribution >= 0.6 is 0 Å². The van der Waals surface area contributed by atoms with E-state index in [0.717, 1.165) is 17.7 Å². The number of rotatable bonds is 6. The second-order valence-corrected chi connectivity index (χ2v) is 8.17. The summed E-state index contributed by atoms with van der Waals surface area (Å²) in [7, 11) is 0. The summed E-state index contributed by atoms with van der Waals surface area (Å²) < 4.78 is 11.9. The normalized spacial score (nSPS) is 12.6. The van der Waals surface area contributed by atoms with Gasteiger partial charge >= 0.3 is 0 Å². The molecule has 0 atom stereocenters. The highest BCUT2D eigenvalue weighted by Crippen LogP contribution is 2.32. The third-order valence-electron chi connectivity index (χ3n) is 5.75. The van der Waals surface area contributed by atoms with Crippen LogP contribution in [0.15, 0.2) is 91.0 Å². The lowest BCUT2D eigenvalue weighted by Gasteiger charge is -2.15. The second kappa shape index (κ2) is 8.87. The number of ether oxygens (including phenoxy) is 2. The van der Waals surface area contributed by atoms with Gasteiger partial charge in [0.25, 0.3) is 11.8 Å². The Hall–Kier alpha value is -4.38. The predicted molar refractivity (Wildman–Crippen MR) is 131 cm³/mol. The fraction of sp³-hybridized carbons (Fsp3) is 0.103. The van der Waals surface area contributed by atoms with Crippen LogP contribution in [0.3, 0.4) is 0 Å². The lowest BCUT2D eigenvalue weighted by Crippen LogP contribution is -2.29. The molecule has 0 unspecified atom stereocenters. The number of carbonyl (C=O) groups excluding carboxylic acids is 2. The van der Waals surface area contributed by atoms with Gasteiger partial charge in [0.05, 0.1) is 16.8 Å². The van der Waals surface area contributed by atoms with Gasteiger partial charge in [0, 0.05) is 6.07 Å². The van der Waals surface area contributed by atoms with E-state index < -0.39 is 0 Å². The average molecular weight is 450 g/mol. The maximum atomic E-state index is 12.8. The Morgan fingerprint density at radius 3 is 1.85 bits per heavy atom. The molecule has 34 heavy (non-hydrogen) atoms. The number of nitrogens with zero attached hydrogens (tertiary/aromatic N) is 1. The zero-order valence-electron chi connectivity index (χ0n) is 18.9. The number of amides is 2. The minimum absolute atomic E-state index is 0.311. The largest absolute Gasteiger partial charge is 0.457 e. The van der Waals surface area contributed by atoms with Gasteiger partial charge in [0.1, 0.15) is 23.0 Å². The molecule has 1 aliphatic rings. The fourth-order valence-electron chi connectivity index (χ4n) is 3.92. The molecule has 1 heterocycles. The van der Waals surface area contributed by atoms with Crippen molar-refractivity contribution >= 4 is 17.5 Å². The van der Waals surface area contributed by atoms with Crippen molar-refractivity contribution in [3.8, 4) is 23.0 Å². The monoisotopic (exact) mass is 449 g/mol. The Morgan fingerprint density at radius 2 is 1.24 bits per heavy atom. The number of carbonyl (C=O) groups is 2. The van der Waals surface area contributed by atoms with Crippen LogP contribution in [0.4, 0.5) is 5.69 Å². The molecule has 5 nitrogen and oxygen atoms in total. The lowest BCUT2D eigenvalue weighted by atomic mass is 10.1. The second-order valence-electron chi connectivity index (χ2n) is 8.17. The molecular formula is C29H23NO4. The van der Waals surface area contributed by atoms with Gasteiger partial charge in [-0.2, -0.15) is 0 Å². The molecule has 4 aromatic carbocycles. The molecule has 1 aliphatic heterocycles. The molecule has 168 valence electrons. The summed E-state index contributed by atoms with van der Waals surface area (Å²) in [4.78, 5) is 26.8. The van der Waals surface area contributed by atoms with Crippen LogP contribution in [-0.4, -0.2) is 11.8 Å². The fourth-order valence-corrected chi connectivity index (χ4v) is 3.92. The number of hydrogen-bond donors (Lipinski definition) is 0. The van der Waals surface area contributed by atoms with E-state index in [1.165, 1.54) is 10.5 Å².